The van der Waals surface area contributed by atoms with Gasteiger partial charge in [0.25, 0.3) is 5.91 Å². The Hall–Kier alpha value is -3.09. The molecule has 1 aromatic carbocycles. The number of nitrogens with one attached hydrogen (secondary N) is 2. The summed E-state index contributed by atoms with van der Waals surface area (Å²) in [7, 11) is 1.67. The van der Waals surface area contributed by atoms with E-state index in [2.05, 4.69) is 27.2 Å². The lowest BCUT2D eigenvalue weighted by molar-refractivity contribution is 0.0950. The number of hydrogen-bond donors (Lipinski definition) is 2. The molecule has 0 spiro atoms. The smallest absolute Gasteiger partial charge is 0.271 e. The number of H-pyrrole nitrogens is 1. The van der Waals surface area contributed by atoms with Gasteiger partial charge in [-0.05, 0) is 24.5 Å². The minimum absolute atomic E-state index is 0.107. The van der Waals surface area contributed by atoms with Crippen LogP contribution in [0.15, 0.2) is 36.7 Å². The maximum atomic E-state index is 12.6. The fourth-order valence-corrected chi connectivity index (χ4v) is 3.64. The van der Waals surface area contributed by atoms with Crippen molar-refractivity contribution in [1.82, 2.24) is 24.8 Å². The van der Waals surface area contributed by atoms with E-state index in [1.807, 2.05) is 35.0 Å². The number of methoxy groups -OCH3 is 1. The molecule has 3 heterocycles. The number of rotatable bonds is 5. The van der Waals surface area contributed by atoms with E-state index in [1.165, 1.54) is 0 Å². The standard InChI is InChI=1S/C20H23N5O2/c1-3-9-25-10-8-21-19(25)18-23-15-11-13(12-22-20(26)17(15)24-18)14-6-4-5-7-16(14)27-2/h4-8,10,13H,3,9,11-12H2,1-2H3,(H,22,26)(H,23,24)/t13-/m0/s1. The molecule has 0 saturated heterocycles. The highest BCUT2D eigenvalue weighted by Crippen LogP contribution is 2.31. The number of carbonyl (C=O) groups is 1. The molecule has 140 valence electrons. The van der Waals surface area contributed by atoms with E-state index in [1.54, 1.807) is 13.3 Å². The molecule has 1 aliphatic heterocycles. The number of amides is 1. The highest BCUT2D eigenvalue weighted by molar-refractivity contribution is 5.94. The van der Waals surface area contributed by atoms with Crippen molar-refractivity contribution in [1.29, 1.82) is 0 Å². The van der Waals surface area contributed by atoms with Gasteiger partial charge in [-0.25, -0.2) is 9.97 Å². The Morgan fingerprint density at radius 2 is 2.19 bits per heavy atom. The predicted octanol–water partition coefficient (Wildman–Crippen LogP) is 2.76. The predicted molar refractivity (Wildman–Crippen MR) is 102 cm³/mol. The maximum Gasteiger partial charge on any atom is 0.271 e. The van der Waals surface area contributed by atoms with Crippen molar-refractivity contribution >= 4 is 5.91 Å². The number of nitrogens with zero attached hydrogens (tertiary/aromatic N) is 3. The molecule has 2 aromatic heterocycles. The van der Waals surface area contributed by atoms with Crippen LogP contribution in [0.4, 0.5) is 0 Å². The number of fused-ring (bicyclic) bond motifs is 1. The minimum Gasteiger partial charge on any atom is -0.496 e. The van der Waals surface area contributed by atoms with Gasteiger partial charge in [-0.2, -0.15) is 0 Å². The number of benzene rings is 1. The highest BCUT2D eigenvalue weighted by atomic mass is 16.5. The molecule has 0 bridgehead atoms. The molecular formula is C20H23N5O2. The van der Waals surface area contributed by atoms with E-state index in [0.717, 1.165) is 35.8 Å². The van der Waals surface area contributed by atoms with Crippen molar-refractivity contribution in [3.63, 3.8) is 0 Å². The number of ether oxygens (including phenoxy) is 1. The third kappa shape index (κ3) is 3.20. The van der Waals surface area contributed by atoms with Crippen molar-refractivity contribution in [2.75, 3.05) is 13.7 Å². The number of aryl methyl sites for hydroxylation is 1. The van der Waals surface area contributed by atoms with Crippen LogP contribution in [0.2, 0.25) is 0 Å². The molecule has 0 unspecified atom stereocenters. The van der Waals surface area contributed by atoms with Gasteiger partial charge in [0.1, 0.15) is 11.4 Å². The summed E-state index contributed by atoms with van der Waals surface area (Å²) in [4.78, 5) is 24.9. The molecule has 27 heavy (non-hydrogen) atoms. The lowest BCUT2D eigenvalue weighted by Crippen LogP contribution is -2.26. The van der Waals surface area contributed by atoms with Crippen LogP contribution in [-0.4, -0.2) is 39.1 Å². The summed E-state index contributed by atoms with van der Waals surface area (Å²) in [5, 5.41) is 2.99. The van der Waals surface area contributed by atoms with E-state index in [9.17, 15) is 4.79 Å². The molecular weight excluding hydrogens is 342 g/mol. The molecule has 1 amide bonds. The summed E-state index contributed by atoms with van der Waals surface area (Å²) in [5.74, 6) is 2.17. The molecule has 4 rings (SSSR count). The van der Waals surface area contributed by atoms with Crippen LogP contribution < -0.4 is 10.1 Å². The summed E-state index contributed by atoms with van der Waals surface area (Å²) >= 11 is 0. The Labute approximate surface area is 157 Å². The summed E-state index contributed by atoms with van der Waals surface area (Å²) < 4.78 is 7.56. The van der Waals surface area contributed by atoms with Crippen LogP contribution in [0, 0.1) is 0 Å². The molecule has 0 saturated carbocycles. The molecule has 7 nitrogen and oxygen atoms in total. The summed E-state index contributed by atoms with van der Waals surface area (Å²) in [6.45, 7) is 3.52. The van der Waals surface area contributed by atoms with Gasteiger partial charge in [0.05, 0.1) is 7.11 Å². The van der Waals surface area contributed by atoms with Gasteiger partial charge < -0.3 is 19.6 Å². The molecule has 0 radical (unpaired) electrons. The number of carbonyl (C=O) groups excluding carboxylic acids is 1. The van der Waals surface area contributed by atoms with E-state index in [4.69, 9.17) is 4.74 Å². The van der Waals surface area contributed by atoms with Crippen molar-refractivity contribution in [2.45, 2.75) is 32.2 Å². The average molecular weight is 365 g/mol. The van der Waals surface area contributed by atoms with Gasteiger partial charge in [-0.3, -0.25) is 4.79 Å². The first kappa shape index (κ1) is 17.3. The van der Waals surface area contributed by atoms with Crippen LogP contribution in [-0.2, 0) is 13.0 Å². The zero-order valence-corrected chi connectivity index (χ0v) is 15.5. The molecule has 7 heteroatoms. The van der Waals surface area contributed by atoms with Crippen LogP contribution in [0.1, 0.15) is 41.0 Å². The summed E-state index contributed by atoms with van der Waals surface area (Å²) in [5.41, 5.74) is 2.37. The van der Waals surface area contributed by atoms with Gasteiger partial charge in [0.2, 0.25) is 0 Å². The Morgan fingerprint density at radius 3 is 3.00 bits per heavy atom. The fraction of sp³-hybridized carbons (Fsp3) is 0.350. The van der Waals surface area contributed by atoms with Gasteiger partial charge >= 0.3 is 0 Å². The van der Waals surface area contributed by atoms with Crippen LogP contribution >= 0.6 is 0 Å². The lowest BCUT2D eigenvalue weighted by atomic mass is 9.93. The number of aromatic amines is 1. The largest absolute Gasteiger partial charge is 0.496 e. The number of imidazole rings is 2. The van der Waals surface area contributed by atoms with Crippen LogP contribution in [0.25, 0.3) is 11.6 Å². The van der Waals surface area contributed by atoms with Gasteiger partial charge in [-0.1, -0.05) is 25.1 Å². The molecule has 1 atom stereocenters. The van der Waals surface area contributed by atoms with Gasteiger partial charge in [-0.15, -0.1) is 0 Å². The lowest BCUT2D eigenvalue weighted by Gasteiger charge is -2.17. The second-order valence-electron chi connectivity index (χ2n) is 6.71. The van der Waals surface area contributed by atoms with E-state index < -0.39 is 0 Å². The van der Waals surface area contributed by atoms with Crippen molar-refractivity contribution in [3.05, 3.63) is 53.6 Å². The second-order valence-corrected chi connectivity index (χ2v) is 6.71. The minimum atomic E-state index is -0.154. The molecule has 1 aliphatic rings. The van der Waals surface area contributed by atoms with E-state index in [-0.39, 0.29) is 11.8 Å². The quantitative estimate of drug-likeness (QED) is 0.728. The van der Waals surface area contributed by atoms with Gasteiger partial charge in [0, 0.05) is 37.1 Å². The third-order valence-corrected chi connectivity index (χ3v) is 4.92. The van der Waals surface area contributed by atoms with Crippen LogP contribution in [0.3, 0.4) is 0 Å². The van der Waals surface area contributed by atoms with Crippen molar-refractivity contribution < 1.29 is 9.53 Å². The Balaban J connectivity index is 1.70. The van der Waals surface area contributed by atoms with Crippen molar-refractivity contribution in [3.8, 4) is 17.4 Å². The first-order chi connectivity index (χ1) is 13.2. The third-order valence-electron chi connectivity index (χ3n) is 4.92. The first-order valence-corrected chi connectivity index (χ1v) is 9.22. The number of hydrogen-bond acceptors (Lipinski definition) is 4. The zero-order chi connectivity index (χ0) is 18.8. The zero-order valence-electron chi connectivity index (χ0n) is 15.5. The monoisotopic (exact) mass is 365 g/mol. The topological polar surface area (TPSA) is 84.8 Å². The Bertz CT molecular complexity index is 959. The second kappa shape index (κ2) is 7.26. The normalized spacial score (nSPS) is 16.5. The molecule has 0 aliphatic carbocycles. The Kier molecular flexibility index (Phi) is 4.66. The van der Waals surface area contributed by atoms with E-state index >= 15 is 0 Å². The SMILES string of the molecule is CCCn1ccnc1-c1nc2c([nH]1)C[C@H](c1ccccc1OC)CNC2=O. The van der Waals surface area contributed by atoms with Crippen LogP contribution in [0.5, 0.6) is 5.75 Å². The van der Waals surface area contributed by atoms with Crippen molar-refractivity contribution in [2.24, 2.45) is 0 Å². The highest BCUT2D eigenvalue weighted by Gasteiger charge is 2.28. The average Bonchev–Trinajstić information content (AvgIpc) is 3.28. The number of aromatic nitrogens is 4. The van der Waals surface area contributed by atoms with E-state index in [0.29, 0.717) is 24.5 Å². The van der Waals surface area contributed by atoms with Gasteiger partial charge in [0.15, 0.2) is 11.6 Å². The molecule has 0 fully saturated rings. The Morgan fingerprint density at radius 1 is 1.33 bits per heavy atom. The molecule has 2 N–H and O–H groups in total. The molecule has 3 aromatic rings. The summed E-state index contributed by atoms with van der Waals surface area (Å²) in [6.07, 6.45) is 5.37. The number of para-hydroxylation sites is 1. The maximum absolute atomic E-state index is 12.6. The summed E-state index contributed by atoms with van der Waals surface area (Å²) in [6, 6.07) is 7.94. The first-order valence-electron chi connectivity index (χ1n) is 9.22. The fourth-order valence-electron chi connectivity index (χ4n) is 3.64.